The van der Waals surface area contributed by atoms with Crippen LogP contribution in [0.15, 0.2) is 71.6 Å². The summed E-state index contributed by atoms with van der Waals surface area (Å²) in [6.45, 7) is 19.5. The second kappa shape index (κ2) is 17.2. The van der Waals surface area contributed by atoms with Crippen molar-refractivity contribution in [2.75, 3.05) is 19.0 Å². The molecule has 0 radical (unpaired) electrons. The van der Waals surface area contributed by atoms with Crippen LogP contribution in [-0.2, 0) is 19.1 Å². The van der Waals surface area contributed by atoms with Crippen LogP contribution in [-0.4, -0.2) is 37.0 Å². The van der Waals surface area contributed by atoms with Gasteiger partial charge in [-0.1, -0.05) is 78.5 Å². The topological polar surface area (TPSA) is 61.8 Å². The summed E-state index contributed by atoms with van der Waals surface area (Å²) in [6.07, 6.45) is 0.127. The Morgan fingerprint density at radius 3 is 2.05 bits per heavy atom. The lowest BCUT2D eigenvalue weighted by atomic mass is 9.68. The van der Waals surface area contributed by atoms with E-state index in [9.17, 15) is 9.59 Å². The van der Waals surface area contributed by atoms with Crippen molar-refractivity contribution < 1.29 is 23.8 Å². The Kier molecular flexibility index (Phi) is 14.4. The molecule has 2 aromatic rings. The number of carbonyl (C=O) groups is 2. The third kappa shape index (κ3) is 11.4. The minimum atomic E-state index is -0.450. The van der Waals surface area contributed by atoms with E-state index in [0.29, 0.717) is 47.3 Å². The second-order valence-electron chi connectivity index (χ2n) is 11.5. The van der Waals surface area contributed by atoms with Gasteiger partial charge in [0.15, 0.2) is 0 Å². The van der Waals surface area contributed by atoms with Crippen molar-refractivity contribution in [3.8, 4) is 5.75 Å². The van der Waals surface area contributed by atoms with E-state index in [2.05, 4.69) is 60.3 Å². The summed E-state index contributed by atoms with van der Waals surface area (Å²) in [5, 5.41) is 0. The number of esters is 2. The lowest BCUT2D eigenvalue weighted by Gasteiger charge is -2.36. The lowest BCUT2D eigenvalue weighted by Crippen LogP contribution is -2.28. The summed E-state index contributed by atoms with van der Waals surface area (Å²) in [4.78, 5) is 25.2. The Morgan fingerprint density at radius 1 is 0.875 bits per heavy atom. The van der Waals surface area contributed by atoms with E-state index in [1.165, 1.54) is 5.56 Å². The summed E-state index contributed by atoms with van der Waals surface area (Å²) in [5.41, 5.74) is 1.68. The zero-order valence-electron chi connectivity index (χ0n) is 25.4. The number of carbonyl (C=O) groups excluding carboxylic acids is 2. The Hall–Kier alpha value is -2.73. The van der Waals surface area contributed by atoms with Crippen LogP contribution in [0.3, 0.4) is 0 Å². The van der Waals surface area contributed by atoms with Crippen LogP contribution in [0.4, 0.5) is 0 Å². The lowest BCUT2D eigenvalue weighted by molar-refractivity contribution is -0.150. The van der Waals surface area contributed by atoms with Crippen molar-refractivity contribution in [2.24, 2.45) is 23.7 Å². The van der Waals surface area contributed by atoms with Gasteiger partial charge in [-0.2, -0.15) is 0 Å². The average molecular weight is 569 g/mol. The molecule has 2 unspecified atom stereocenters. The van der Waals surface area contributed by atoms with Crippen LogP contribution in [0.25, 0.3) is 0 Å². The second-order valence-corrected chi connectivity index (χ2v) is 12.6. The molecule has 5 nitrogen and oxygen atoms in total. The highest BCUT2D eigenvalue weighted by molar-refractivity contribution is 7.99. The summed E-state index contributed by atoms with van der Waals surface area (Å²) < 4.78 is 17.0. The molecule has 0 aliphatic rings. The van der Waals surface area contributed by atoms with Crippen molar-refractivity contribution in [1.29, 1.82) is 0 Å². The zero-order valence-corrected chi connectivity index (χ0v) is 26.2. The Balaban J connectivity index is 2.02. The highest BCUT2D eigenvalue weighted by Crippen LogP contribution is 2.41. The largest absolute Gasteiger partial charge is 0.490 e. The van der Waals surface area contributed by atoms with Crippen molar-refractivity contribution >= 4 is 23.7 Å². The molecular weight excluding hydrogens is 520 g/mol. The van der Waals surface area contributed by atoms with Gasteiger partial charge in [0.05, 0.1) is 6.61 Å². The van der Waals surface area contributed by atoms with Crippen LogP contribution in [0.1, 0.15) is 72.8 Å². The molecule has 0 spiro atoms. The van der Waals surface area contributed by atoms with Gasteiger partial charge >= 0.3 is 11.9 Å². The molecule has 0 heterocycles. The van der Waals surface area contributed by atoms with Crippen molar-refractivity contribution in [2.45, 2.75) is 78.2 Å². The first kappa shape index (κ1) is 33.5. The first-order valence-electron chi connectivity index (χ1n) is 14.4. The predicted molar refractivity (Wildman–Crippen MR) is 165 cm³/mol. The maximum Gasteiger partial charge on any atom is 0.333 e. The number of rotatable bonds is 17. The summed E-state index contributed by atoms with van der Waals surface area (Å²) >= 11 is 1.62. The molecule has 220 valence electrons. The number of thioether (sulfide) groups is 1. The first-order valence-corrected chi connectivity index (χ1v) is 15.4. The fourth-order valence-corrected chi connectivity index (χ4v) is 6.09. The monoisotopic (exact) mass is 568 g/mol. The van der Waals surface area contributed by atoms with E-state index < -0.39 is 12.1 Å². The number of hydrogen-bond donors (Lipinski definition) is 0. The van der Waals surface area contributed by atoms with Gasteiger partial charge < -0.3 is 14.2 Å². The van der Waals surface area contributed by atoms with Gasteiger partial charge in [-0.25, -0.2) is 4.79 Å². The highest BCUT2D eigenvalue weighted by Gasteiger charge is 2.31. The Bertz CT molecular complexity index is 1040. The third-order valence-electron chi connectivity index (χ3n) is 6.96. The van der Waals surface area contributed by atoms with E-state index in [0.717, 1.165) is 10.6 Å². The molecule has 0 bridgehead atoms. The molecule has 0 aromatic heterocycles. The molecule has 2 rings (SSSR count). The van der Waals surface area contributed by atoms with Crippen molar-refractivity contribution in [3.63, 3.8) is 0 Å². The fourth-order valence-electron chi connectivity index (χ4n) is 5.20. The normalized spacial score (nSPS) is 13.0. The minimum Gasteiger partial charge on any atom is -0.490 e. The highest BCUT2D eigenvalue weighted by atomic mass is 32.2. The summed E-state index contributed by atoms with van der Waals surface area (Å²) in [6, 6.07) is 18.4. The Morgan fingerprint density at radius 2 is 1.50 bits per heavy atom. The standard InChI is InChI=1S/C34H48O5S/c1-23(2)32(24(3)4)33(25(5)6)27-16-18-28(19-17-27)38-21-29(22-40-30-13-10-9-11-14-30)39-31(35)15-12-20-37-34(36)26(7)8/h9-11,13-14,16-19,23-25,29,32-33H,7,12,15,20-22H2,1-6,8H3. The molecule has 0 aliphatic carbocycles. The maximum atomic E-state index is 12.6. The van der Waals surface area contributed by atoms with Gasteiger partial charge in [-0.3, -0.25) is 4.79 Å². The predicted octanol–water partition coefficient (Wildman–Crippen LogP) is 8.34. The van der Waals surface area contributed by atoms with Crippen molar-refractivity contribution in [3.05, 3.63) is 72.3 Å². The molecule has 0 fully saturated rings. The fraction of sp³-hybridized carbons (Fsp3) is 0.529. The van der Waals surface area contributed by atoms with E-state index in [1.54, 1.807) is 18.7 Å². The molecule has 40 heavy (non-hydrogen) atoms. The van der Waals surface area contributed by atoms with E-state index >= 15 is 0 Å². The number of benzene rings is 2. The summed E-state index contributed by atoms with van der Waals surface area (Å²) in [5.74, 6) is 3.33. The molecule has 0 aliphatic heterocycles. The molecule has 0 saturated carbocycles. The van der Waals surface area contributed by atoms with Crippen LogP contribution in [0, 0.1) is 23.7 Å². The van der Waals surface area contributed by atoms with Gasteiger partial charge in [-0.15, -0.1) is 11.8 Å². The third-order valence-corrected chi connectivity index (χ3v) is 8.10. The quantitative estimate of drug-likeness (QED) is 0.0827. The molecular formula is C34H48O5S. The molecule has 0 amide bonds. The summed E-state index contributed by atoms with van der Waals surface area (Å²) in [7, 11) is 0. The average Bonchev–Trinajstić information content (AvgIpc) is 2.91. The first-order chi connectivity index (χ1) is 19.0. The van der Waals surface area contributed by atoms with Gasteiger partial charge in [0.2, 0.25) is 0 Å². The van der Waals surface area contributed by atoms with Crippen LogP contribution in [0.2, 0.25) is 0 Å². The zero-order chi connectivity index (χ0) is 29.7. The van der Waals surface area contributed by atoms with Crippen molar-refractivity contribution in [1.82, 2.24) is 0 Å². The van der Waals surface area contributed by atoms with Crippen LogP contribution >= 0.6 is 11.8 Å². The minimum absolute atomic E-state index is 0.152. The molecule has 6 heteroatoms. The van der Waals surface area contributed by atoms with Gasteiger partial charge in [0.1, 0.15) is 18.5 Å². The van der Waals surface area contributed by atoms with E-state index in [4.69, 9.17) is 14.2 Å². The van der Waals surface area contributed by atoms with E-state index in [1.807, 2.05) is 42.5 Å². The SMILES string of the molecule is C=C(C)C(=O)OCCCC(=O)OC(COc1ccc(C(C(C)C)C(C(C)C)C(C)C)cc1)CSc1ccccc1. The molecule has 0 N–H and O–H groups in total. The van der Waals surface area contributed by atoms with Gasteiger partial charge in [0, 0.05) is 22.6 Å². The smallest absolute Gasteiger partial charge is 0.333 e. The number of hydrogen-bond acceptors (Lipinski definition) is 6. The molecule has 2 atom stereocenters. The molecule has 2 aromatic carbocycles. The molecule has 0 saturated heterocycles. The Labute approximate surface area is 246 Å². The van der Waals surface area contributed by atoms with E-state index in [-0.39, 0.29) is 25.6 Å². The van der Waals surface area contributed by atoms with Gasteiger partial charge in [0.25, 0.3) is 0 Å². The van der Waals surface area contributed by atoms with Crippen LogP contribution < -0.4 is 4.74 Å². The van der Waals surface area contributed by atoms with Crippen LogP contribution in [0.5, 0.6) is 5.75 Å². The number of ether oxygens (including phenoxy) is 3. The van der Waals surface area contributed by atoms with Gasteiger partial charge in [-0.05, 0) is 72.8 Å². The maximum absolute atomic E-state index is 12.6.